The Kier molecular flexibility index (Phi) is 4.24. The van der Waals surface area contributed by atoms with E-state index in [2.05, 4.69) is 0 Å². The first-order valence-electron chi connectivity index (χ1n) is 5.60. The fourth-order valence-corrected chi connectivity index (χ4v) is 2.81. The van der Waals surface area contributed by atoms with Gasteiger partial charge in [0, 0.05) is 29.5 Å². The standard InChI is InChI=1S/C13H12F3NOS/c14-7-4-9(15)12(10(16)5-7)13(18)8(6-17)11-2-1-3-19-11/h1-5,8,13,18H,6,17H2. The second kappa shape index (κ2) is 5.73. The van der Waals surface area contributed by atoms with Crippen molar-refractivity contribution in [3.8, 4) is 0 Å². The predicted molar refractivity (Wildman–Crippen MR) is 67.4 cm³/mol. The fraction of sp³-hybridized carbons (Fsp3) is 0.231. The van der Waals surface area contributed by atoms with Crippen LogP contribution in [0.15, 0.2) is 29.6 Å². The highest BCUT2D eigenvalue weighted by atomic mass is 32.1. The van der Waals surface area contributed by atoms with Crippen LogP contribution in [0.25, 0.3) is 0 Å². The second-order valence-electron chi connectivity index (χ2n) is 4.09. The molecule has 0 aliphatic rings. The largest absolute Gasteiger partial charge is 0.387 e. The first-order valence-corrected chi connectivity index (χ1v) is 6.48. The van der Waals surface area contributed by atoms with Crippen LogP contribution in [0, 0.1) is 17.5 Å². The molecular formula is C13H12F3NOS. The summed E-state index contributed by atoms with van der Waals surface area (Å²) >= 11 is 1.33. The number of aliphatic hydroxyl groups is 1. The molecule has 0 bridgehead atoms. The van der Waals surface area contributed by atoms with Gasteiger partial charge in [0.2, 0.25) is 0 Å². The average molecular weight is 287 g/mol. The Morgan fingerprint density at radius 1 is 1.21 bits per heavy atom. The molecule has 2 rings (SSSR count). The topological polar surface area (TPSA) is 46.2 Å². The minimum Gasteiger partial charge on any atom is -0.387 e. The summed E-state index contributed by atoms with van der Waals surface area (Å²) in [7, 11) is 0. The van der Waals surface area contributed by atoms with Crippen LogP contribution >= 0.6 is 11.3 Å². The van der Waals surface area contributed by atoms with E-state index in [4.69, 9.17) is 5.73 Å². The minimum atomic E-state index is -1.45. The molecule has 0 aliphatic carbocycles. The zero-order valence-corrected chi connectivity index (χ0v) is 10.6. The number of benzene rings is 1. The lowest BCUT2D eigenvalue weighted by atomic mass is 9.93. The van der Waals surface area contributed by atoms with Gasteiger partial charge in [0.25, 0.3) is 0 Å². The summed E-state index contributed by atoms with van der Waals surface area (Å²) in [5.74, 6) is -3.87. The van der Waals surface area contributed by atoms with E-state index in [9.17, 15) is 18.3 Å². The van der Waals surface area contributed by atoms with Gasteiger partial charge in [0.15, 0.2) is 0 Å². The van der Waals surface area contributed by atoms with Crippen LogP contribution in [0.5, 0.6) is 0 Å². The number of aliphatic hydroxyl groups excluding tert-OH is 1. The smallest absolute Gasteiger partial charge is 0.134 e. The molecule has 2 atom stereocenters. The van der Waals surface area contributed by atoms with Gasteiger partial charge in [-0.15, -0.1) is 11.3 Å². The van der Waals surface area contributed by atoms with Crippen molar-refractivity contribution in [2.75, 3.05) is 6.54 Å². The average Bonchev–Trinajstić information content (AvgIpc) is 2.82. The van der Waals surface area contributed by atoms with Gasteiger partial charge in [-0.05, 0) is 11.4 Å². The third-order valence-corrected chi connectivity index (χ3v) is 3.89. The highest BCUT2D eigenvalue weighted by molar-refractivity contribution is 7.10. The van der Waals surface area contributed by atoms with E-state index in [0.717, 1.165) is 4.88 Å². The second-order valence-corrected chi connectivity index (χ2v) is 5.06. The van der Waals surface area contributed by atoms with Gasteiger partial charge >= 0.3 is 0 Å². The maximum absolute atomic E-state index is 13.6. The zero-order chi connectivity index (χ0) is 14.0. The molecule has 19 heavy (non-hydrogen) atoms. The summed E-state index contributed by atoms with van der Waals surface area (Å²) in [6.07, 6.45) is -1.45. The first kappa shape index (κ1) is 14.0. The van der Waals surface area contributed by atoms with Crippen LogP contribution < -0.4 is 5.73 Å². The van der Waals surface area contributed by atoms with Gasteiger partial charge < -0.3 is 10.8 Å². The van der Waals surface area contributed by atoms with Crippen molar-refractivity contribution in [1.29, 1.82) is 0 Å². The molecule has 0 radical (unpaired) electrons. The Morgan fingerprint density at radius 3 is 2.32 bits per heavy atom. The lowest BCUT2D eigenvalue weighted by Gasteiger charge is -2.21. The molecule has 102 valence electrons. The van der Waals surface area contributed by atoms with Crippen molar-refractivity contribution < 1.29 is 18.3 Å². The van der Waals surface area contributed by atoms with Gasteiger partial charge in [-0.3, -0.25) is 0 Å². The number of hydrogen-bond donors (Lipinski definition) is 2. The molecule has 1 aromatic heterocycles. The number of rotatable bonds is 4. The van der Waals surface area contributed by atoms with Gasteiger partial charge in [-0.2, -0.15) is 0 Å². The number of thiophene rings is 1. The minimum absolute atomic E-state index is 0.0257. The fourth-order valence-electron chi connectivity index (χ4n) is 1.94. The normalized spacial score (nSPS) is 14.4. The van der Waals surface area contributed by atoms with Crippen LogP contribution in [-0.2, 0) is 0 Å². The molecule has 1 heterocycles. The third kappa shape index (κ3) is 2.80. The van der Waals surface area contributed by atoms with E-state index in [1.807, 2.05) is 0 Å². The lowest BCUT2D eigenvalue weighted by Crippen LogP contribution is -2.21. The number of halogens is 3. The summed E-state index contributed by atoms with van der Waals surface area (Å²) < 4.78 is 40.1. The van der Waals surface area contributed by atoms with E-state index >= 15 is 0 Å². The molecule has 0 amide bonds. The van der Waals surface area contributed by atoms with Crippen molar-refractivity contribution in [3.63, 3.8) is 0 Å². The van der Waals surface area contributed by atoms with Gasteiger partial charge in [0.1, 0.15) is 17.5 Å². The van der Waals surface area contributed by atoms with Crippen molar-refractivity contribution in [1.82, 2.24) is 0 Å². The molecule has 0 spiro atoms. The quantitative estimate of drug-likeness (QED) is 0.908. The summed E-state index contributed by atoms with van der Waals surface area (Å²) in [4.78, 5) is 0.720. The molecule has 2 aromatic rings. The molecule has 2 unspecified atom stereocenters. The number of nitrogens with two attached hydrogens (primary N) is 1. The van der Waals surface area contributed by atoms with Crippen LogP contribution in [0.2, 0.25) is 0 Å². The first-order chi connectivity index (χ1) is 9.04. The van der Waals surface area contributed by atoms with E-state index in [-0.39, 0.29) is 6.54 Å². The monoisotopic (exact) mass is 287 g/mol. The summed E-state index contributed by atoms with van der Waals surface area (Å²) in [6, 6.07) is 4.57. The highest BCUT2D eigenvalue weighted by Crippen LogP contribution is 2.35. The van der Waals surface area contributed by atoms with Crippen LogP contribution in [0.3, 0.4) is 0 Å². The lowest BCUT2D eigenvalue weighted by molar-refractivity contribution is 0.139. The molecule has 2 nitrogen and oxygen atoms in total. The van der Waals surface area contributed by atoms with Gasteiger partial charge in [-0.25, -0.2) is 13.2 Å². The highest BCUT2D eigenvalue weighted by Gasteiger charge is 2.28. The van der Waals surface area contributed by atoms with Gasteiger partial charge in [0.05, 0.1) is 11.7 Å². The summed E-state index contributed by atoms with van der Waals surface area (Å²) in [6.45, 7) is 0.0257. The maximum Gasteiger partial charge on any atom is 0.134 e. The Bertz CT molecular complexity index is 536. The Balaban J connectivity index is 2.41. The molecule has 0 fully saturated rings. The van der Waals surface area contributed by atoms with E-state index < -0.39 is 35.0 Å². The molecule has 0 saturated heterocycles. The Morgan fingerprint density at radius 2 is 1.84 bits per heavy atom. The van der Waals surface area contributed by atoms with Crippen molar-refractivity contribution in [2.45, 2.75) is 12.0 Å². The molecule has 3 N–H and O–H groups in total. The zero-order valence-electron chi connectivity index (χ0n) is 9.82. The van der Waals surface area contributed by atoms with Crippen molar-refractivity contribution in [2.24, 2.45) is 5.73 Å². The molecule has 0 saturated carbocycles. The Labute approximate surface area is 112 Å². The maximum atomic E-state index is 13.6. The van der Waals surface area contributed by atoms with Crippen LogP contribution in [-0.4, -0.2) is 11.7 Å². The SMILES string of the molecule is NCC(c1cccs1)C(O)c1c(F)cc(F)cc1F. The molecule has 6 heteroatoms. The van der Waals surface area contributed by atoms with Gasteiger partial charge in [-0.1, -0.05) is 6.07 Å². The molecule has 0 aliphatic heterocycles. The van der Waals surface area contributed by atoms with Crippen LogP contribution in [0.4, 0.5) is 13.2 Å². The molecule has 1 aromatic carbocycles. The summed E-state index contributed by atoms with van der Waals surface area (Å²) in [5, 5.41) is 11.9. The predicted octanol–water partition coefficient (Wildman–Crippen LogP) is 2.94. The van der Waals surface area contributed by atoms with E-state index in [1.165, 1.54) is 11.3 Å². The van der Waals surface area contributed by atoms with Crippen molar-refractivity contribution >= 4 is 11.3 Å². The van der Waals surface area contributed by atoms with Crippen LogP contribution in [0.1, 0.15) is 22.5 Å². The Hall–Kier alpha value is -1.37. The summed E-state index contributed by atoms with van der Waals surface area (Å²) in [5.41, 5.74) is 5.01. The van der Waals surface area contributed by atoms with E-state index in [1.54, 1.807) is 17.5 Å². The number of hydrogen-bond acceptors (Lipinski definition) is 3. The molecular weight excluding hydrogens is 275 g/mol. The van der Waals surface area contributed by atoms with E-state index in [0.29, 0.717) is 12.1 Å². The third-order valence-electron chi connectivity index (χ3n) is 2.88. The van der Waals surface area contributed by atoms with Crippen molar-refractivity contribution in [3.05, 3.63) is 57.5 Å².